The number of aliphatic carboxylic acids is 1. The van der Waals surface area contributed by atoms with Crippen LogP contribution in [0.4, 0.5) is 4.79 Å². The van der Waals surface area contributed by atoms with Gasteiger partial charge in [-0.3, -0.25) is 0 Å². The Bertz CT molecular complexity index is 364. The first-order valence-electron chi connectivity index (χ1n) is 6.35. The van der Waals surface area contributed by atoms with E-state index in [1.165, 1.54) is 19.0 Å². The average Bonchev–Trinajstić information content (AvgIpc) is 2.32. The Kier molecular flexibility index (Phi) is 9.79. The van der Waals surface area contributed by atoms with Gasteiger partial charge in [0.1, 0.15) is 0 Å². The minimum absolute atomic E-state index is 0.0875. The van der Waals surface area contributed by atoms with Gasteiger partial charge in [-0.15, -0.1) is 0 Å². The van der Waals surface area contributed by atoms with Crippen molar-refractivity contribution in [3.63, 3.8) is 0 Å². The van der Waals surface area contributed by atoms with Crippen LogP contribution in [0.3, 0.4) is 0 Å². The van der Waals surface area contributed by atoms with E-state index >= 15 is 0 Å². The number of hydrogen-bond acceptors (Lipinski definition) is 9. The van der Waals surface area contributed by atoms with Crippen molar-refractivity contribution in [2.45, 2.75) is 46.0 Å². The fraction of sp³-hybridized carbons (Fsp3) is 0.818. The average molecular weight is 435 g/mol. The predicted octanol–water partition coefficient (Wildman–Crippen LogP) is -2.15. The number of rotatable bonds is 9. The zero-order chi connectivity index (χ0) is 17.3. The molecule has 10 nitrogen and oxygen atoms in total. The second-order valence-corrected chi connectivity index (χ2v) is 6.93. The second kappa shape index (κ2) is 10.1. The molecule has 0 aromatic rings. The molecule has 0 aliphatic rings. The van der Waals surface area contributed by atoms with Gasteiger partial charge in [-0.2, -0.15) is 0 Å². The third-order valence-electron chi connectivity index (χ3n) is 1.89. The van der Waals surface area contributed by atoms with Crippen molar-refractivity contribution >= 4 is 12.1 Å². The fourth-order valence-corrected chi connectivity index (χ4v) is 2.17. The molecule has 0 aliphatic carbocycles. The van der Waals surface area contributed by atoms with Gasteiger partial charge in [0.25, 0.3) is 0 Å². The minimum atomic E-state index is -1.29. The molecule has 1 atom stereocenters. The number of carboxylic acid groups (broad SMARTS) is 1. The number of nitrogens with zero attached hydrogens (tertiary/aromatic N) is 2. The van der Waals surface area contributed by atoms with Crippen LogP contribution in [0.2, 0.25) is 0 Å². The summed E-state index contributed by atoms with van der Waals surface area (Å²) in [6, 6.07) is 0. The van der Waals surface area contributed by atoms with Crippen LogP contribution in [-0.2, 0) is 19.1 Å². The van der Waals surface area contributed by atoms with Crippen LogP contribution in [0.15, 0.2) is 0 Å². The zero-order valence-electron chi connectivity index (χ0n) is 13.2. The summed E-state index contributed by atoms with van der Waals surface area (Å²) in [4.78, 5) is 26.7. The summed E-state index contributed by atoms with van der Waals surface area (Å²) in [6.07, 6.45) is -1.96. The predicted molar refractivity (Wildman–Crippen MR) is 71.1 cm³/mol. The van der Waals surface area contributed by atoms with Gasteiger partial charge in [-0.25, -0.2) is 0 Å². The van der Waals surface area contributed by atoms with Crippen LogP contribution in [0.25, 0.3) is 0 Å². The van der Waals surface area contributed by atoms with E-state index in [2.05, 4.69) is 3.69 Å². The summed E-state index contributed by atoms with van der Waals surface area (Å²) in [5.41, 5.74) is -0.671. The monoisotopic (exact) mass is 435 g/mol. The molecule has 0 heterocycles. The van der Waals surface area contributed by atoms with Gasteiger partial charge in [-0.1, -0.05) is 0 Å². The van der Waals surface area contributed by atoms with Crippen molar-refractivity contribution in [1.29, 1.82) is 0 Å². The van der Waals surface area contributed by atoms with Gasteiger partial charge in [-0.05, 0) is 0 Å². The second-order valence-electron chi connectivity index (χ2n) is 5.18. The van der Waals surface area contributed by atoms with E-state index in [0.717, 1.165) is 0 Å². The molecular weight excluding hydrogens is 413 g/mol. The van der Waals surface area contributed by atoms with Crippen molar-refractivity contribution in [1.82, 2.24) is 12.1 Å². The molecule has 22 heavy (non-hydrogen) atoms. The Morgan fingerprint density at radius 2 is 2.00 bits per heavy atom. The molecule has 0 saturated heterocycles. The van der Waals surface area contributed by atoms with Gasteiger partial charge in [0.15, 0.2) is 0 Å². The summed E-state index contributed by atoms with van der Waals surface area (Å²) >= 11 is -1.29. The molecule has 0 spiro atoms. The van der Waals surface area contributed by atoms with Gasteiger partial charge >= 0.3 is 140 Å². The van der Waals surface area contributed by atoms with E-state index in [9.17, 15) is 14.8 Å². The quantitative estimate of drug-likeness (QED) is 0.136. The van der Waals surface area contributed by atoms with E-state index in [1.807, 2.05) is 0 Å². The summed E-state index contributed by atoms with van der Waals surface area (Å²) in [5.74, 6) is -0.984. The van der Waals surface area contributed by atoms with Crippen LogP contribution >= 0.6 is 0 Å². The number of hydrazine groups is 1. The molecule has 0 aliphatic heterocycles. The number of hydrogen-bond donors (Lipinski definition) is 2. The molecule has 0 aromatic heterocycles. The van der Waals surface area contributed by atoms with E-state index < -0.39 is 45.8 Å². The molecule has 11 heteroatoms. The summed E-state index contributed by atoms with van der Waals surface area (Å²) in [6.45, 7) is 6.65. The number of carbonyl (C=O) groups is 2. The Morgan fingerprint density at radius 3 is 2.50 bits per heavy atom. The third kappa shape index (κ3) is 11.9. The topological polar surface area (TPSA) is 124 Å². The molecule has 0 radical (unpaired) electrons. The first-order chi connectivity index (χ1) is 10.0. The van der Waals surface area contributed by atoms with Crippen molar-refractivity contribution in [3.8, 4) is 0 Å². The summed E-state index contributed by atoms with van der Waals surface area (Å²) < 4.78 is 12.7. The number of carbonyl (C=O) groups excluding carboxylic acids is 1. The van der Waals surface area contributed by atoms with E-state index in [4.69, 9.17) is 19.4 Å². The van der Waals surface area contributed by atoms with Gasteiger partial charge < -0.3 is 0 Å². The maximum absolute atomic E-state index is 11.6. The Balaban J connectivity index is 3.89. The van der Waals surface area contributed by atoms with Crippen LogP contribution in [0, 0.1) is 5.21 Å². The number of ether oxygens (including phenoxy) is 2. The standard InChI is InChI=1S/C11H22IN3O7/c1-8(20-10(18)21-11(2,3)4)22-13-12-15(19)14(5)7-6-9(16)17/h8,13H,6-7H2,1-5H3,(H,16,17)/q-2. The Hall–Kier alpha value is -0.730. The van der Waals surface area contributed by atoms with Gasteiger partial charge in [0, 0.05) is 0 Å². The van der Waals surface area contributed by atoms with Crippen molar-refractivity contribution < 1.29 is 50.8 Å². The molecule has 0 fully saturated rings. The number of halogens is 1. The number of carboxylic acids is 1. The Morgan fingerprint density at radius 1 is 1.41 bits per heavy atom. The fourth-order valence-electron chi connectivity index (χ4n) is 0.946. The van der Waals surface area contributed by atoms with Gasteiger partial charge in [0.2, 0.25) is 0 Å². The Labute approximate surface area is 140 Å². The maximum atomic E-state index is 11.6. The first kappa shape index (κ1) is 21.3. The number of nitrogens with one attached hydrogen (secondary N) is 1. The summed E-state index contributed by atoms with van der Waals surface area (Å²) in [5, 5.41) is 21.3. The molecular formula is C11H22IN3O7-2. The van der Waals surface area contributed by atoms with Crippen molar-refractivity contribution in [2.24, 2.45) is 0 Å². The van der Waals surface area contributed by atoms with E-state index in [-0.39, 0.29) is 13.0 Å². The van der Waals surface area contributed by atoms with Crippen LogP contribution in [0.5, 0.6) is 0 Å². The molecule has 132 valence electrons. The van der Waals surface area contributed by atoms with Crippen molar-refractivity contribution in [3.05, 3.63) is 5.21 Å². The van der Waals surface area contributed by atoms with E-state index in [1.54, 1.807) is 20.8 Å². The molecule has 0 amide bonds. The van der Waals surface area contributed by atoms with Crippen LogP contribution < -0.4 is 25.4 Å². The molecule has 0 rings (SSSR count). The molecule has 0 bridgehead atoms. The molecule has 2 N–H and O–H groups in total. The summed E-state index contributed by atoms with van der Waals surface area (Å²) in [7, 11) is 1.47. The molecule has 0 aromatic carbocycles. The van der Waals surface area contributed by atoms with E-state index in [0.29, 0.717) is 3.39 Å². The molecule has 0 saturated carbocycles. The van der Waals surface area contributed by atoms with Crippen LogP contribution in [-0.4, -0.2) is 51.1 Å². The third-order valence-corrected chi connectivity index (χ3v) is 3.49. The van der Waals surface area contributed by atoms with Crippen LogP contribution in [0.1, 0.15) is 34.1 Å². The SMILES string of the molecule is CC(ON[I-]N([O-])N(C)CCC(=O)O)OC(=O)OC(C)(C)C. The van der Waals surface area contributed by atoms with Crippen molar-refractivity contribution in [2.75, 3.05) is 13.6 Å². The first-order valence-corrected chi connectivity index (χ1v) is 8.40. The zero-order valence-corrected chi connectivity index (χ0v) is 15.3. The van der Waals surface area contributed by atoms with Gasteiger partial charge in [0.05, 0.1) is 0 Å². The molecule has 1 unspecified atom stereocenters. The normalized spacial score (nSPS) is 13.5.